The molecule has 2 N–H and O–H groups in total. The average Bonchev–Trinajstić information content (AvgIpc) is 2.89. The van der Waals surface area contributed by atoms with Crippen LogP contribution in [0.1, 0.15) is 16.4 Å². The summed E-state index contributed by atoms with van der Waals surface area (Å²) in [4.78, 5) is 26.0. The monoisotopic (exact) mass is 469 g/mol. The number of thioether (sulfide) groups is 1. The maximum Gasteiger partial charge on any atom is 0.323 e. The van der Waals surface area contributed by atoms with E-state index in [2.05, 4.69) is 0 Å². The van der Waals surface area contributed by atoms with E-state index < -0.39 is 29.8 Å². The third-order valence-electron chi connectivity index (χ3n) is 5.02. The Bertz CT molecular complexity index is 1120. The number of halogens is 1. The maximum absolute atomic E-state index is 13.0. The highest BCUT2D eigenvalue weighted by molar-refractivity contribution is 7.99. The van der Waals surface area contributed by atoms with Crippen LogP contribution < -0.4 is 9.64 Å². The number of fused-ring (bicyclic) bond motifs is 1. The quantitative estimate of drug-likeness (QED) is 0.551. The number of nitrogens with zero attached hydrogens (tertiary/aromatic N) is 1. The molecule has 1 aliphatic heterocycles. The van der Waals surface area contributed by atoms with Gasteiger partial charge in [-0.2, -0.15) is 0 Å². The molecular weight excluding hydrogens is 450 g/mol. The van der Waals surface area contributed by atoms with Crippen molar-refractivity contribution in [3.63, 3.8) is 0 Å². The number of aliphatic carboxylic acids is 1. The first-order chi connectivity index (χ1) is 15.4. The summed E-state index contributed by atoms with van der Waals surface area (Å²) in [5.74, 6) is -1.18. The summed E-state index contributed by atoms with van der Waals surface area (Å²) in [6.45, 7) is -0.125. The van der Waals surface area contributed by atoms with E-state index in [-0.39, 0.29) is 0 Å². The number of carboxylic acids is 1. The summed E-state index contributed by atoms with van der Waals surface area (Å²) < 4.78 is 5.81. The van der Waals surface area contributed by atoms with Crippen molar-refractivity contribution < 1.29 is 24.5 Å². The molecule has 0 aliphatic carbocycles. The first kappa shape index (κ1) is 22.2. The lowest BCUT2D eigenvalue weighted by molar-refractivity contribution is -0.137. The van der Waals surface area contributed by atoms with E-state index in [1.807, 2.05) is 30.3 Å². The molecule has 3 aromatic carbocycles. The summed E-state index contributed by atoms with van der Waals surface area (Å²) in [6, 6.07) is 21.8. The van der Waals surface area contributed by atoms with Crippen LogP contribution in [0, 0.1) is 0 Å². The minimum absolute atomic E-state index is 0.413. The Hall–Kier alpha value is -3.00. The predicted molar refractivity (Wildman–Crippen MR) is 123 cm³/mol. The fraction of sp³-hybridized carbons (Fsp3) is 0.167. The number of rotatable bonds is 6. The van der Waals surface area contributed by atoms with Gasteiger partial charge in [0.05, 0.1) is 10.9 Å². The Morgan fingerprint density at radius 3 is 2.47 bits per heavy atom. The van der Waals surface area contributed by atoms with Crippen molar-refractivity contribution in [1.29, 1.82) is 0 Å². The zero-order chi connectivity index (χ0) is 22.7. The highest BCUT2D eigenvalue weighted by Gasteiger charge is 2.38. The molecule has 0 spiro atoms. The molecular formula is C24H20ClNO5S. The first-order valence-electron chi connectivity index (χ1n) is 9.86. The van der Waals surface area contributed by atoms with Crippen LogP contribution >= 0.6 is 23.4 Å². The zero-order valence-corrected chi connectivity index (χ0v) is 18.4. The van der Waals surface area contributed by atoms with Crippen molar-refractivity contribution in [2.75, 3.05) is 11.4 Å². The number of amides is 1. The molecule has 0 bridgehead atoms. The molecule has 1 amide bonds. The number of carbonyl (C=O) groups is 2. The van der Waals surface area contributed by atoms with Crippen LogP contribution in [0.5, 0.6) is 5.75 Å². The van der Waals surface area contributed by atoms with Gasteiger partial charge in [0.15, 0.2) is 0 Å². The lowest BCUT2D eigenvalue weighted by Crippen LogP contribution is -2.43. The SMILES string of the molecule is O=C(O)CN1C(=O)[C@H](O)[C@H](c2ccc(OCc3ccccc3)cc2)Sc2cc(Cl)ccc21. The van der Waals surface area contributed by atoms with Crippen molar-refractivity contribution in [3.8, 4) is 5.75 Å². The van der Waals surface area contributed by atoms with Gasteiger partial charge in [0.2, 0.25) is 0 Å². The fourth-order valence-corrected chi connectivity index (χ4v) is 5.00. The van der Waals surface area contributed by atoms with E-state index in [9.17, 15) is 19.8 Å². The molecule has 2 atom stereocenters. The fourth-order valence-electron chi connectivity index (χ4n) is 3.46. The molecule has 0 fully saturated rings. The van der Waals surface area contributed by atoms with Crippen molar-refractivity contribution >= 4 is 40.9 Å². The number of benzene rings is 3. The van der Waals surface area contributed by atoms with Crippen molar-refractivity contribution in [2.45, 2.75) is 22.9 Å². The van der Waals surface area contributed by atoms with Crippen LogP contribution in [0.15, 0.2) is 77.7 Å². The maximum atomic E-state index is 13.0. The number of ether oxygens (including phenoxy) is 1. The summed E-state index contributed by atoms with van der Waals surface area (Å²) in [6.07, 6.45) is -1.43. The molecule has 0 saturated carbocycles. The van der Waals surface area contributed by atoms with Gasteiger partial charge in [-0.15, -0.1) is 11.8 Å². The normalized spacial score (nSPS) is 18.1. The average molecular weight is 470 g/mol. The Morgan fingerprint density at radius 2 is 1.78 bits per heavy atom. The predicted octanol–water partition coefficient (Wildman–Crippen LogP) is 4.54. The van der Waals surface area contributed by atoms with Gasteiger partial charge < -0.3 is 14.9 Å². The molecule has 0 saturated heterocycles. The number of aliphatic hydroxyl groups excluding tert-OH is 1. The third-order valence-corrected chi connectivity index (χ3v) is 6.62. The Morgan fingerprint density at radius 1 is 1.06 bits per heavy atom. The van der Waals surface area contributed by atoms with Crippen molar-refractivity contribution in [2.24, 2.45) is 0 Å². The minimum atomic E-state index is -1.43. The summed E-state index contributed by atoms with van der Waals surface area (Å²) in [5, 5.41) is 19.9. The van der Waals surface area contributed by atoms with E-state index in [1.54, 1.807) is 42.5 Å². The van der Waals surface area contributed by atoms with Gasteiger partial charge in [0.1, 0.15) is 25.0 Å². The molecule has 6 nitrogen and oxygen atoms in total. The number of aliphatic hydroxyl groups is 1. The van der Waals surface area contributed by atoms with Gasteiger partial charge in [-0.3, -0.25) is 14.5 Å². The second-order valence-corrected chi connectivity index (χ2v) is 8.88. The molecule has 3 aromatic rings. The van der Waals surface area contributed by atoms with Crippen LogP contribution in [0.4, 0.5) is 5.69 Å². The summed E-state index contributed by atoms with van der Waals surface area (Å²) in [5.41, 5.74) is 2.17. The largest absolute Gasteiger partial charge is 0.489 e. The molecule has 8 heteroatoms. The molecule has 1 heterocycles. The van der Waals surface area contributed by atoms with Gasteiger partial charge in [-0.25, -0.2) is 0 Å². The van der Waals surface area contributed by atoms with Gasteiger partial charge in [-0.1, -0.05) is 54.1 Å². The van der Waals surface area contributed by atoms with Gasteiger partial charge in [0, 0.05) is 9.92 Å². The van der Waals surface area contributed by atoms with Gasteiger partial charge in [0.25, 0.3) is 5.91 Å². The number of hydrogen-bond acceptors (Lipinski definition) is 5. The smallest absolute Gasteiger partial charge is 0.323 e. The number of hydrogen-bond donors (Lipinski definition) is 2. The zero-order valence-electron chi connectivity index (χ0n) is 16.8. The van der Waals surface area contributed by atoms with Crippen LogP contribution in [0.3, 0.4) is 0 Å². The molecule has 0 aromatic heterocycles. The topological polar surface area (TPSA) is 87.1 Å². The Balaban J connectivity index is 1.59. The van der Waals surface area contributed by atoms with E-state index >= 15 is 0 Å². The molecule has 0 radical (unpaired) electrons. The first-order valence-corrected chi connectivity index (χ1v) is 11.1. The van der Waals surface area contributed by atoms with Crippen molar-refractivity contribution in [3.05, 3.63) is 88.9 Å². The molecule has 164 valence electrons. The number of anilines is 1. The number of carboxylic acid groups (broad SMARTS) is 1. The summed E-state index contributed by atoms with van der Waals surface area (Å²) in [7, 11) is 0. The Labute approximate surface area is 194 Å². The Kier molecular flexibility index (Phi) is 6.69. The molecule has 4 rings (SSSR count). The second-order valence-electron chi connectivity index (χ2n) is 7.26. The van der Waals surface area contributed by atoms with Gasteiger partial charge >= 0.3 is 5.97 Å². The van der Waals surface area contributed by atoms with E-state index in [1.165, 1.54) is 11.8 Å². The molecule has 0 unspecified atom stereocenters. The van der Waals surface area contributed by atoms with Crippen LogP contribution in [0.25, 0.3) is 0 Å². The standard InChI is InChI=1S/C24H20ClNO5S/c25-17-8-11-19-20(12-17)32-23(22(29)24(30)26(19)13-21(27)28)16-6-9-18(10-7-16)31-14-15-4-2-1-3-5-15/h1-12,22-23,29H,13-14H2,(H,27,28)/t22-,23+/m1/s1. The minimum Gasteiger partial charge on any atom is -0.489 e. The van der Waals surface area contributed by atoms with Crippen molar-refractivity contribution in [1.82, 2.24) is 0 Å². The lowest BCUT2D eigenvalue weighted by Gasteiger charge is -2.23. The second kappa shape index (κ2) is 9.65. The number of carbonyl (C=O) groups excluding carboxylic acids is 1. The van der Waals surface area contributed by atoms with Crippen LogP contribution in [-0.4, -0.2) is 34.7 Å². The summed E-state index contributed by atoms with van der Waals surface area (Å²) >= 11 is 7.42. The van der Waals surface area contributed by atoms with E-state index in [4.69, 9.17) is 16.3 Å². The molecule has 32 heavy (non-hydrogen) atoms. The van der Waals surface area contributed by atoms with Crippen LogP contribution in [-0.2, 0) is 16.2 Å². The highest BCUT2D eigenvalue weighted by atomic mass is 35.5. The van der Waals surface area contributed by atoms with E-state index in [0.717, 1.165) is 10.5 Å². The third kappa shape index (κ3) is 4.91. The van der Waals surface area contributed by atoms with E-state index in [0.29, 0.717) is 33.5 Å². The lowest BCUT2D eigenvalue weighted by atomic mass is 10.1. The van der Waals surface area contributed by atoms with Crippen LogP contribution in [0.2, 0.25) is 5.02 Å². The van der Waals surface area contributed by atoms with Gasteiger partial charge in [-0.05, 0) is 41.5 Å². The highest BCUT2D eigenvalue weighted by Crippen LogP contribution is 2.46. The molecule has 1 aliphatic rings.